The van der Waals surface area contributed by atoms with E-state index in [1.165, 1.54) is 12.2 Å². The average molecular weight is 547 g/mol. The highest BCUT2D eigenvalue weighted by atomic mass is 19.1. The number of fused-ring (bicyclic) bond motifs is 5. The largest absolute Gasteiger partial charge is 0.459 e. The van der Waals surface area contributed by atoms with Gasteiger partial charge in [-0.15, -0.1) is 0 Å². The van der Waals surface area contributed by atoms with Crippen molar-refractivity contribution in [3.05, 3.63) is 23.8 Å². The minimum atomic E-state index is -2.05. The van der Waals surface area contributed by atoms with Crippen LogP contribution in [0.1, 0.15) is 86.0 Å². The van der Waals surface area contributed by atoms with E-state index in [0.29, 0.717) is 24.8 Å². The lowest BCUT2D eigenvalue weighted by Crippen LogP contribution is -2.70. The van der Waals surface area contributed by atoms with E-state index in [4.69, 9.17) is 14.2 Å². The molecule has 8 nitrogen and oxygen atoms in total. The Bertz CT molecular complexity index is 1140. The molecule has 0 aromatic heterocycles. The smallest absolute Gasteiger partial charge is 0.306 e. The lowest BCUT2D eigenvalue weighted by molar-refractivity contribution is -0.234. The lowest BCUT2D eigenvalue weighted by atomic mass is 9.44. The molecule has 0 aliphatic heterocycles. The molecule has 4 aliphatic carbocycles. The molecule has 0 spiro atoms. The van der Waals surface area contributed by atoms with Crippen molar-refractivity contribution in [2.45, 2.75) is 103 Å². The van der Waals surface area contributed by atoms with Crippen LogP contribution in [0.15, 0.2) is 23.8 Å². The average Bonchev–Trinajstić information content (AvgIpc) is 3.20. The number of ether oxygens (including phenoxy) is 3. The molecule has 214 valence electrons. The van der Waals surface area contributed by atoms with E-state index in [-0.39, 0.29) is 43.8 Å². The maximum absolute atomic E-state index is 18.0. The zero-order chi connectivity index (χ0) is 28.8. The van der Waals surface area contributed by atoms with Crippen LogP contribution in [-0.2, 0) is 38.2 Å². The summed E-state index contributed by atoms with van der Waals surface area (Å²) in [4.78, 5) is 63.3. The summed E-state index contributed by atoms with van der Waals surface area (Å²) in [5.41, 5.74) is -5.31. The Kier molecular flexibility index (Phi) is 7.69. The molecular formula is C30H39FO8. The van der Waals surface area contributed by atoms with Gasteiger partial charge in [-0.3, -0.25) is 24.0 Å². The van der Waals surface area contributed by atoms with Gasteiger partial charge in [-0.2, -0.15) is 0 Å². The van der Waals surface area contributed by atoms with Crippen LogP contribution in [0.25, 0.3) is 0 Å². The number of hydrogen-bond donors (Lipinski definition) is 0. The minimum absolute atomic E-state index is 0.0281. The first-order chi connectivity index (χ1) is 18.3. The van der Waals surface area contributed by atoms with Crippen molar-refractivity contribution < 1.29 is 42.6 Å². The van der Waals surface area contributed by atoms with Crippen LogP contribution in [0.3, 0.4) is 0 Å². The van der Waals surface area contributed by atoms with Gasteiger partial charge in [0.05, 0.1) is 0 Å². The first-order valence-electron chi connectivity index (χ1n) is 14.1. The van der Waals surface area contributed by atoms with Crippen LogP contribution >= 0.6 is 0 Å². The molecule has 0 bridgehead atoms. The molecule has 0 aromatic rings. The fourth-order valence-corrected chi connectivity index (χ4v) is 7.85. The monoisotopic (exact) mass is 546 g/mol. The Balaban J connectivity index is 1.84. The molecule has 39 heavy (non-hydrogen) atoms. The summed E-state index contributed by atoms with van der Waals surface area (Å²) in [5, 5.41) is 0. The number of carbonyl (C=O) groups is 5. The number of halogens is 1. The van der Waals surface area contributed by atoms with Gasteiger partial charge in [-0.05, 0) is 57.1 Å². The molecule has 4 aliphatic rings. The zero-order valence-corrected chi connectivity index (χ0v) is 23.5. The second kappa shape index (κ2) is 10.3. The highest BCUT2D eigenvalue weighted by Crippen LogP contribution is 2.71. The summed E-state index contributed by atoms with van der Waals surface area (Å²) in [5.74, 6) is -3.50. The summed E-state index contributed by atoms with van der Waals surface area (Å²) in [6, 6.07) is 0. The molecule has 0 unspecified atom stereocenters. The van der Waals surface area contributed by atoms with Crippen molar-refractivity contribution in [3.8, 4) is 0 Å². The Hall–Kier alpha value is -2.84. The third-order valence-electron chi connectivity index (χ3n) is 9.98. The van der Waals surface area contributed by atoms with E-state index in [1.54, 1.807) is 33.8 Å². The number of esters is 3. The predicted molar refractivity (Wildman–Crippen MR) is 138 cm³/mol. The quantitative estimate of drug-likeness (QED) is 0.322. The van der Waals surface area contributed by atoms with Gasteiger partial charge in [0.15, 0.2) is 23.7 Å². The van der Waals surface area contributed by atoms with Gasteiger partial charge in [-0.1, -0.05) is 39.3 Å². The number of ketones is 2. The van der Waals surface area contributed by atoms with Crippen molar-refractivity contribution in [2.75, 3.05) is 6.61 Å². The minimum Gasteiger partial charge on any atom is -0.459 e. The van der Waals surface area contributed by atoms with E-state index >= 15 is 4.39 Å². The fraction of sp³-hybridized carbons (Fsp3) is 0.700. The number of rotatable bonds is 8. The number of carbonyl (C=O) groups excluding carboxylic acids is 5. The van der Waals surface area contributed by atoms with E-state index in [1.807, 2.05) is 6.92 Å². The summed E-state index contributed by atoms with van der Waals surface area (Å²) in [6.45, 7) is 7.86. The van der Waals surface area contributed by atoms with Crippen LogP contribution in [0.5, 0.6) is 0 Å². The zero-order valence-electron chi connectivity index (χ0n) is 23.5. The first kappa shape index (κ1) is 29.2. The van der Waals surface area contributed by atoms with Crippen LogP contribution in [-0.4, -0.2) is 53.5 Å². The number of allylic oxidation sites excluding steroid dienone is 4. The summed E-state index contributed by atoms with van der Waals surface area (Å²) in [6.07, 6.45) is 4.70. The van der Waals surface area contributed by atoms with Gasteiger partial charge < -0.3 is 14.2 Å². The maximum Gasteiger partial charge on any atom is 0.306 e. The summed E-state index contributed by atoms with van der Waals surface area (Å²) < 4.78 is 35.0. The van der Waals surface area contributed by atoms with E-state index in [9.17, 15) is 24.0 Å². The molecule has 0 N–H and O–H groups in total. The van der Waals surface area contributed by atoms with Gasteiger partial charge in [0.25, 0.3) is 0 Å². The molecule has 3 saturated carbocycles. The first-order valence-corrected chi connectivity index (χ1v) is 14.1. The SMILES string of the molecule is CCC(=O)OCC(=O)[C@@]1(OC(=O)CC)CC[C@H]2[C@@H]3CCC4=CC(=O)C=C[C@]4(C)[C@@]3(F)[C@@H](OC(=O)CC)C[C@@]21C. The number of Topliss-reactive ketones (excluding diaryl/α,β-unsaturated/α-hetero) is 1. The Morgan fingerprint density at radius 1 is 0.974 bits per heavy atom. The van der Waals surface area contributed by atoms with E-state index < -0.39 is 64.4 Å². The van der Waals surface area contributed by atoms with Gasteiger partial charge in [0, 0.05) is 36.0 Å². The normalized spacial score (nSPS) is 38.6. The fourth-order valence-electron chi connectivity index (χ4n) is 7.85. The topological polar surface area (TPSA) is 113 Å². The molecule has 3 fully saturated rings. The second-order valence-corrected chi connectivity index (χ2v) is 11.7. The van der Waals surface area contributed by atoms with E-state index in [0.717, 1.165) is 0 Å². The number of alkyl halides is 1. The van der Waals surface area contributed by atoms with Crippen molar-refractivity contribution >= 4 is 29.5 Å². The van der Waals surface area contributed by atoms with Crippen LogP contribution in [0, 0.1) is 22.7 Å². The third-order valence-corrected chi connectivity index (χ3v) is 9.98. The molecule has 4 rings (SSSR count). The van der Waals surface area contributed by atoms with Crippen molar-refractivity contribution in [1.29, 1.82) is 0 Å². The summed E-state index contributed by atoms with van der Waals surface area (Å²) in [7, 11) is 0. The molecule has 7 atom stereocenters. The maximum atomic E-state index is 18.0. The molecule has 9 heteroatoms. The van der Waals surface area contributed by atoms with Gasteiger partial charge >= 0.3 is 17.9 Å². The Morgan fingerprint density at radius 2 is 1.64 bits per heavy atom. The van der Waals surface area contributed by atoms with Crippen molar-refractivity contribution in [3.63, 3.8) is 0 Å². The van der Waals surface area contributed by atoms with Gasteiger partial charge in [-0.25, -0.2) is 4.39 Å². The number of hydrogen-bond acceptors (Lipinski definition) is 8. The predicted octanol–water partition coefficient (Wildman–Crippen LogP) is 4.53. The molecule has 0 saturated heterocycles. The Labute approximate surface area is 228 Å². The molecular weight excluding hydrogens is 507 g/mol. The molecule has 0 heterocycles. The summed E-state index contributed by atoms with van der Waals surface area (Å²) >= 11 is 0. The van der Waals surface area contributed by atoms with Gasteiger partial charge in [0.2, 0.25) is 5.78 Å². The molecule has 0 radical (unpaired) electrons. The van der Waals surface area contributed by atoms with Crippen LogP contribution in [0.4, 0.5) is 4.39 Å². The van der Waals surface area contributed by atoms with Crippen LogP contribution in [0.2, 0.25) is 0 Å². The third kappa shape index (κ3) is 4.27. The van der Waals surface area contributed by atoms with Crippen molar-refractivity contribution in [1.82, 2.24) is 0 Å². The molecule has 0 amide bonds. The van der Waals surface area contributed by atoms with Crippen molar-refractivity contribution in [2.24, 2.45) is 22.7 Å². The van der Waals surface area contributed by atoms with Crippen LogP contribution < -0.4 is 0 Å². The highest BCUT2D eigenvalue weighted by Gasteiger charge is 2.76. The molecule has 0 aromatic carbocycles. The lowest BCUT2D eigenvalue weighted by Gasteiger charge is -2.63. The van der Waals surface area contributed by atoms with Gasteiger partial charge in [0.1, 0.15) is 6.10 Å². The van der Waals surface area contributed by atoms with E-state index in [2.05, 4.69) is 0 Å². The second-order valence-electron chi connectivity index (χ2n) is 11.7. The Morgan fingerprint density at radius 3 is 2.28 bits per heavy atom. The standard InChI is InChI=1S/C30H39FO8/c1-6-24(34)37-17-22(33)29(39-26(36)8-3)14-12-20-21-10-9-18-15-19(32)11-13-27(18,4)30(21,31)23(16-28(20,29)5)38-25(35)7-2/h11,13,15,20-21,23H,6-10,12,14,16-17H2,1-5H3/t20-,21-,23-,27-,28-,29-,30-/m0/s1. The highest BCUT2D eigenvalue weighted by molar-refractivity contribution is 6.01.